The summed E-state index contributed by atoms with van der Waals surface area (Å²) in [5, 5.41) is 29.3. The Labute approximate surface area is 312 Å². The number of benzene rings is 1. The molecule has 0 radical (unpaired) electrons. The maximum Gasteiger partial charge on any atom is 0.326 e. The highest BCUT2D eigenvalue weighted by Gasteiger charge is 2.38. The highest BCUT2D eigenvalue weighted by Crippen LogP contribution is 2.20. The molecule has 13 N–H and O–H groups in total. The van der Waals surface area contributed by atoms with Gasteiger partial charge in [-0.3, -0.25) is 39.0 Å². The van der Waals surface area contributed by atoms with Crippen LogP contribution in [0.25, 0.3) is 0 Å². The van der Waals surface area contributed by atoms with Crippen molar-refractivity contribution in [3.05, 3.63) is 35.9 Å². The van der Waals surface area contributed by atoms with E-state index in [-0.39, 0.29) is 31.8 Å². The van der Waals surface area contributed by atoms with Gasteiger partial charge in [0.15, 0.2) is 5.96 Å². The first-order valence-corrected chi connectivity index (χ1v) is 17.8. The molecule has 3 rings (SSSR count). The van der Waals surface area contributed by atoms with E-state index in [0.717, 1.165) is 0 Å². The lowest BCUT2D eigenvalue weighted by Crippen LogP contribution is -2.55. The van der Waals surface area contributed by atoms with Gasteiger partial charge in [-0.1, -0.05) is 30.3 Å². The van der Waals surface area contributed by atoms with Gasteiger partial charge in [0.25, 0.3) is 0 Å². The van der Waals surface area contributed by atoms with Crippen LogP contribution in [0.1, 0.15) is 56.9 Å². The summed E-state index contributed by atoms with van der Waals surface area (Å²) in [5.74, 6) is -6.02. The van der Waals surface area contributed by atoms with Crippen molar-refractivity contribution in [2.24, 2.45) is 17.2 Å². The Morgan fingerprint density at radius 1 is 0.815 bits per heavy atom. The van der Waals surface area contributed by atoms with E-state index in [9.17, 15) is 43.5 Å². The van der Waals surface area contributed by atoms with Crippen molar-refractivity contribution >= 4 is 53.3 Å². The molecule has 2 saturated heterocycles. The van der Waals surface area contributed by atoms with Gasteiger partial charge < -0.3 is 58.7 Å². The van der Waals surface area contributed by atoms with Crippen molar-refractivity contribution < 1.29 is 43.5 Å². The second-order valence-corrected chi connectivity index (χ2v) is 13.2. The van der Waals surface area contributed by atoms with Crippen LogP contribution in [0.3, 0.4) is 0 Å². The smallest absolute Gasteiger partial charge is 0.326 e. The number of rotatable bonds is 20. The van der Waals surface area contributed by atoms with Gasteiger partial charge in [0, 0.05) is 32.5 Å². The summed E-state index contributed by atoms with van der Waals surface area (Å²) in [6, 6.07) is 3.29. The Morgan fingerprint density at radius 2 is 1.43 bits per heavy atom. The van der Waals surface area contributed by atoms with Gasteiger partial charge in [0.05, 0.1) is 19.1 Å². The Bertz CT molecular complexity index is 1540. The predicted molar refractivity (Wildman–Crippen MR) is 193 cm³/mol. The first-order valence-electron chi connectivity index (χ1n) is 17.8. The first kappa shape index (κ1) is 42.6. The molecule has 0 bridgehead atoms. The van der Waals surface area contributed by atoms with Gasteiger partial charge in [0.1, 0.15) is 24.2 Å². The molecule has 0 aromatic heterocycles. The summed E-state index contributed by atoms with van der Waals surface area (Å²) >= 11 is 0. The second-order valence-electron chi connectivity index (χ2n) is 13.2. The number of carbonyl (C=O) groups excluding carboxylic acids is 7. The zero-order valence-electron chi connectivity index (χ0n) is 30.0. The van der Waals surface area contributed by atoms with Crippen molar-refractivity contribution in [2.45, 2.75) is 88.0 Å². The normalized spacial score (nSPS) is 18.1. The maximum atomic E-state index is 13.1. The lowest BCUT2D eigenvalue weighted by molar-refractivity contribution is -0.142. The number of likely N-dealkylation sites (tertiary alicyclic amines) is 2. The fourth-order valence-electron chi connectivity index (χ4n) is 6.31. The van der Waals surface area contributed by atoms with E-state index in [1.807, 2.05) is 0 Å². The summed E-state index contributed by atoms with van der Waals surface area (Å²) in [6.45, 7) is -0.0944. The maximum absolute atomic E-state index is 13.1. The van der Waals surface area contributed by atoms with Gasteiger partial charge >= 0.3 is 5.97 Å². The van der Waals surface area contributed by atoms with Crippen LogP contribution in [0.2, 0.25) is 0 Å². The van der Waals surface area contributed by atoms with Crippen molar-refractivity contribution in [2.75, 3.05) is 32.7 Å². The fourth-order valence-corrected chi connectivity index (χ4v) is 6.31. The van der Waals surface area contributed by atoms with E-state index in [1.165, 1.54) is 9.80 Å². The molecule has 54 heavy (non-hydrogen) atoms. The third-order valence-electron chi connectivity index (χ3n) is 9.10. The summed E-state index contributed by atoms with van der Waals surface area (Å²) in [6.07, 6.45) is 1.99. The molecule has 2 aliphatic rings. The Kier molecular flexibility index (Phi) is 16.6. The molecule has 0 unspecified atom stereocenters. The Hall–Kier alpha value is -5.79. The quantitative estimate of drug-likeness (QED) is 0.0350. The minimum Gasteiger partial charge on any atom is -0.480 e. The number of nitrogens with two attached hydrogens (primary N) is 3. The number of aliphatic carboxylic acids is 1. The van der Waals surface area contributed by atoms with E-state index >= 15 is 0 Å². The lowest BCUT2D eigenvalue weighted by atomic mass is 10.0. The summed E-state index contributed by atoms with van der Waals surface area (Å²) in [5.41, 5.74) is 17.2. The average molecular weight is 758 g/mol. The molecule has 296 valence electrons. The molecular weight excluding hydrogens is 706 g/mol. The van der Waals surface area contributed by atoms with Gasteiger partial charge in [-0.2, -0.15) is 0 Å². The Balaban J connectivity index is 1.50. The van der Waals surface area contributed by atoms with Crippen molar-refractivity contribution in [3.63, 3.8) is 0 Å². The second kappa shape index (κ2) is 21.0. The summed E-state index contributed by atoms with van der Waals surface area (Å²) in [4.78, 5) is 104. The van der Waals surface area contributed by atoms with Gasteiger partial charge in [-0.15, -0.1) is 0 Å². The van der Waals surface area contributed by atoms with Crippen LogP contribution in [0.15, 0.2) is 30.3 Å². The van der Waals surface area contributed by atoms with Crippen LogP contribution in [-0.2, 0) is 44.8 Å². The Morgan fingerprint density at radius 3 is 2.04 bits per heavy atom. The molecule has 2 heterocycles. The number of hydrogen-bond acceptors (Lipinski definition) is 10. The summed E-state index contributed by atoms with van der Waals surface area (Å²) in [7, 11) is 0. The lowest BCUT2D eigenvalue weighted by Gasteiger charge is -2.27. The number of carbonyl (C=O) groups is 8. The van der Waals surface area contributed by atoms with E-state index in [0.29, 0.717) is 57.2 Å². The third-order valence-corrected chi connectivity index (χ3v) is 9.10. The topological polar surface area (TPSA) is 325 Å². The number of amides is 7. The molecule has 0 saturated carbocycles. The molecule has 1 aromatic carbocycles. The van der Waals surface area contributed by atoms with Gasteiger partial charge in [0.2, 0.25) is 41.4 Å². The number of hydrogen-bond donors (Lipinski definition) is 10. The largest absolute Gasteiger partial charge is 0.480 e. The zero-order chi connectivity index (χ0) is 39.8. The summed E-state index contributed by atoms with van der Waals surface area (Å²) < 4.78 is 0. The van der Waals surface area contributed by atoms with Crippen molar-refractivity contribution in [1.29, 1.82) is 5.41 Å². The van der Waals surface area contributed by atoms with Crippen LogP contribution in [0, 0.1) is 5.41 Å². The standard InChI is InChI=1S/C34H51N11O9/c35-21(9-4-14-39-34(37)38)32(52)45-16-6-11-25(45)31(51)41-19-28(48)44-15-5-10-24(44)30(50)40-18-27(47)42-22(12-13-26(36)46)29(49)43-23(33(53)54)17-20-7-2-1-3-8-20/h1-3,7-8,21-25H,4-6,9-19,35H2,(H2,36,46)(H,40,50)(H,41,51)(H,42,47)(H,43,49)(H,53,54)(H4,37,38,39)/t21-,22-,23-,24-,25-/m0/s1. The van der Waals surface area contributed by atoms with Crippen LogP contribution >= 0.6 is 0 Å². The van der Waals surface area contributed by atoms with Gasteiger partial charge in [-0.25, -0.2) is 4.79 Å². The highest BCUT2D eigenvalue weighted by molar-refractivity contribution is 5.95. The number of carboxylic acids is 1. The number of nitrogens with zero attached hydrogens (tertiary/aromatic N) is 2. The van der Waals surface area contributed by atoms with Crippen LogP contribution in [0.5, 0.6) is 0 Å². The third kappa shape index (κ3) is 13.3. The van der Waals surface area contributed by atoms with E-state index in [1.54, 1.807) is 30.3 Å². The van der Waals surface area contributed by atoms with Crippen LogP contribution < -0.4 is 43.8 Å². The van der Waals surface area contributed by atoms with Crippen LogP contribution in [0.4, 0.5) is 0 Å². The first-order chi connectivity index (χ1) is 25.7. The number of primary amides is 1. The molecular formula is C34H51N11O9. The van der Waals surface area contributed by atoms with Crippen molar-refractivity contribution in [3.8, 4) is 0 Å². The number of nitrogens with one attached hydrogen (secondary N) is 6. The van der Waals surface area contributed by atoms with Crippen LogP contribution in [-0.4, -0.2) is 131 Å². The number of carboxylic acid groups (broad SMARTS) is 1. The molecule has 0 spiro atoms. The van der Waals surface area contributed by atoms with Crippen molar-refractivity contribution in [1.82, 2.24) is 36.4 Å². The zero-order valence-corrected chi connectivity index (χ0v) is 30.0. The highest BCUT2D eigenvalue weighted by atomic mass is 16.4. The molecule has 7 amide bonds. The molecule has 20 nitrogen and oxygen atoms in total. The molecule has 2 aliphatic heterocycles. The molecule has 1 aromatic rings. The van der Waals surface area contributed by atoms with Gasteiger partial charge in [-0.05, 0) is 50.5 Å². The molecule has 0 aliphatic carbocycles. The van der Waals surface area contributed by atoms with E-state index in [4.69, 9.17) is 22.6 Å². The SMILES string of the molecule is N=C(N)NCCC[C@H](N)C(=O)N1CCC[C@H]1C(=O)NCC(=O)N1CCC[C@H]1C(=O)NCC(=O)N[C@@H](CCC(N)=O)C(=O)N[C@@H](Cc1ccccc1)C(=O)O. The van der Waals surface area contributed by atoms with E-state index in [2.05, 4.69) is 26.6 Å². The molecule has 20 heteroatoms. The predicted octanol–water partition coefficient (Wildman–Crippen LogP) is -3.65. The minimum atomic E-state index is -1.34. The average Bonchev–Trinajstić information content (AvgIpc) is 3.83. The molecule has 5 atom stereocenters. The minimum absolute atomic E-state index is 0.0365. The fraction of sp³-hybridized carbons (Fsp3) is 0.559. The monoisotopic (exact) mass is 757 g/mol. The molecule has 2 fully saturated rings. The van der Waals surface area contributed by atoms with E-state index < -0.39 is 90.6 Å². The number of guanidine groups is 1.